The summed E-state index contributed by atoms with van der Waals surface area (Å²) in [6, 6.07) is 3.61. The molecule has 0 N–H and O–H groups in total. The molecule has 21 heavy (non-hydrogen) atoms. The van der Waals surface area contributed by atoms with Gasteiger partial charge in [0.05, 0.1) is 5.56 Å². The number of ether oxygens (including phenoxy) is 1. The number of benzene rings is 1. The fraction of sp³-hybridized carbons (Fsp3) is 0.438. The highest BCUT2D eigenvalue weighted by molar-refractivity contribution is 5.87. The van der Waals surface area contributed by atoms with Crippen LogP contribution in [0.3, 0.4) is 0 Å². The topological polar surface area (TPSA) is 26.3 Å². The predicted molar refractivity (Wildman–Crippen MR) is 72.6 cm³/mol. The summed E-state index contributed by atoms with van der Waals surface area (Å²) < 4.78 is 43.8. The minimum Gasteiger partial charge on any atom is -0.451 e. The van der Waals surface area contributed by atoms with Crippen molar-refractivity contribution in [3.63, 3.8) is 0 Å². The van der Waals surface area contributed by atoms with Crippen molar-refractivity contribution < 1.29 is 22.7 Å². The van der Waals surface area contributed by atoms with Crippen LogP contribution < -0.4 is 0 Å². The van der Waals surface area contributed by atoms with Crippen molar-refractivity contribution in [2.24, 2.45) is 0 Å². The van der Waals surface area contributed by atoms with Crippen molar-refractivity contribution in [3.8, 4) is 0 Å². The van der Waals surface area contributed by atoms with Gasteiger partial charge in [-0.1, -0.05) is 12.6 Å². The van der Waals surface area contributed by atoms with Crippen LogP contribution in [-0.4, -0.2) is 5.97 Å². The van der Waals surface area contributed by atoms with E-state index in [0.29, 0.717) is 30.4 Å². The van der Waals surface area contributed by atoms with E-state index in [1.807, 2.05) is 0 Å². The Morgan fingerprint density at radius 1 is 1.38 bits per heavy atom. The van der Waals surface area contributed by atoms with Crippen LogP contribution >= 0.6 is 0 Å². The Bertz CT molecular complexity index is 590. The van der Waals surface area contributed by atoms with Crippen molar-refractivity contribution >= 4 is 5.97 Å². The first-order valence-corrected chi connectivity index (χ1v) is 6.73. The van der Waals surface area contributed by atoms with Gasteiger partial charge in [0.25, 0.3) is 0 Å². The first-order valence-electron chi connectivity index (χ1n) is 6.73. The van der Waals surface area contributed by atoms with Gasteiger partial charge in [-0.25, -0.2) is 4.79 Å². The maximum atomic E-state index is 12.8. The van der Waals surface area contributed by atoms with Gasteiger partial charge in [-0.15, -0.1) is 0 Å². The summed E-state index contributed by atoms with van der Waals surface area (Å²) in [5.41, 5.74) is -0.0512. The maximum absolute atomic E-state index is 12.8. The van der Waals surface area contributed by atoms with E-state index in [9.17, 15) is 18.0 Å². The van der Waals surface area contributed by atoms with Gasteiger partial charge in [0.15, 0.2) is 0 Å². The number of hydrogen-bond acceptors (Lipinski definition) is 2. The maximum Gasteiger partial charge on any atom is 0.416 e. The van der Waals surface area contributed by atoms with Crippen LogP contribution in [0.1, 0.15) is 43.4 Å². The normalized spacial score (nSPS) is 21.6. The molecule has 1 atom stereocenters. The Kier molecular flexibility index (Phi) is 3.87. The van der Waals surface area contributed by atoms with Gasteiger partial charge >= 0.3 is 12.1 Å². The van der Waals surface area contributed by atoms with Gasteiger partial charge in [-0.3, -0.25) is 0 Å². The van der Waals surface area contributed by atoms with Gasteiger partial charge in [0.1, 0.15) is 5.60 Å². The highest BCUT2D eigenvalue weighted by Crippen LogP contribution is 2.41. The number of halogens is 3. The number of aryl methyl sites for hydroxylation is 1. The van der Waals surface area contributed by atoms with Crippen LogP contribution in [0.5, 0.6) is 0 Å². The zero-order valence-electron chi connectivity index (χ0n) is 12.0. The summed E-state index contributed by atoms with van der Waals surface area (Å²) in [7, 11) is 0. The molecule has 1 aromatic rings. The Hall–Kier alpha value is -1.78. The number of carbonyl (C=O) groups is 1. The largest absolute Gasteiger partial charge is 0.451 e. The number of alkyl halides is 3. The molecule has 1 unspecified atom stereocenters. The number of hydrogen-bond donors (Lipinski definition) is 0. The molecular weight excluding hydrogens is 281 g/mol. The van der Waals surface area contributed by atoms with Crippen molar-refractivity contribution in [2.45, 2.75) is 44.9 Å². The first kappa shape index (κ1) is 15.6. The van der Waals surface area contributed by atoms with E-state index >= 15 is 0 Å². The lowest BCUT2D eigenvalue weighted by Gasteiger charge is -2.36. The third-order valence-corrected chi connectivity index (χ3v) is 3.77. The molecule has 5 heteroatoms. The molecule has 0 radical (unpaired) electrons. The summed E-state index contributed by atoms with van der Waals surface area (Å²) in [6.07, 6.45) is -2.55. The summed E-state index contributed by atoms with van der Waals surface area (Å²) in [6.45, 7) is 6.81. The number of carbonyl (C=O) groups excluding carboxylic acids is 1. The van der Waals surface area contributed by atoms with Crippen molar-refractivity contribution in [3.05, 3.63) is 47.0 Å². The second-order valence-electron chi connectivity index (χ2n) is 5.62. The van der Waals surface area contributed by atoms with Gasteiger partial charge in [0.2, 0.25) is 0 Å². The van der Waals surface area contributed by atoms with E-state index in [-0.39, 0.29) is 5.57 Å². The monoisotopic (exact) mass is 298 g/mol. The average molecular weight is 298 g/mol. The zero-order valence-corrected chi connectivity index (χ0v) is 12.0. The Balaban J connectivity index is 2.40. The minimum atomic E-state index is -4.36. The molecule has 0 saturated heterocycles. The molecule has 0 heterocycles. The lowest BCUT2D eigenvalue weighted by atomic mass is 9.79. The van der Waals surface area contributed by atoms with E-state index < -0.39 is 23.3 Å². The zero-order chi connectivity index (χ0) is 15.8. The van der Waals surface area contributed by atoms with Crippen LogP contribution in [-0.2, 0) is 27.7 Å². The minimum absolute atomic E-state index is 0.273. The fourth-order valence-corrected chi connectivity index (χ4v) is 2.64. The standard InChI is InChI=1S/C16H17F3O2/c1-10(2)14(20)21-15(3)8-4-5-11-9-12(16(17,18)19)6-7-13(11)15/h6-7,9H,1,4-5,8H2,2-3H3. The molecule has 0 spiro atoms. The van der Waals surface area contributed by atoms with E-state index in [1.165, 1.54) is 6.07 Å². The van der Waals surface area contributed by atoms with Crippen molar-refractivity contribution in [1.82, 2.24) is 0 Å². The Labute approximate surface area is 121 Å². The van der Waals surface area contributed by atoms with E-state index in [4.69, 9.17) is 4.74 Å². The van der Waals surface area contributed by atoms with Crippen LogP contribution in [0.25, 0.3) is 0 Å². The molecule has 0 aromatic heterocycles. The summed E-state index contributed by atoms with van der Waals surface area (Å²) >= 11 is 0. The van der Waals surface area contributed by atoms with Crippen LogP contribution in [0.15, 0.2) is 30.4 Å². The van der Waals surface area contributed by atoms with Gasteiger partial charge in [-0.05, 0) is 56.4 Å². The predicted octanol–water partition coefficient (Wildman–Crippen LogP) is 4.38. The molecule has 2 nitrogen and oxygen atoms in total. The summed E-state index contributed by atoms with van der Waals surface area (Å²) in [5, 5.41) is 0. The molecular formula is C16H17F3O2. The molecule has 0 aliphatic heterocycles. The Morgan fingerprint density at radius 3 is 2.62 bits per heavy atom. The van der Waals surface area contributed by atoms with Gasteiger partial charge in [0, 0.05) is 5.57 Å². The SMILES string of the molecule is C=C(C)C(=O)OC1(C)CCCc2cc(C(F)(F)F)ccc21. The number of rotatable bonds is 2. The van der Waals surface area contributed by atoms with Crippen LogP contribution in [0.4, 0.5) is 13.2 Å². The van der Waals surface area contributed by atoms with E-state index in [0.717, 1.165) is 12.1 Å². The first-order chi connectivity index (χ1) is 9.63. The van der Waals surface area contributed by atoms with Crippen LogP contribution in [0, 0.1) is 0 Å². The number of fused-ring (bicyclic) bond motifs is 1. The fourth-order valence-electron chi connectivity index (χ4n) is 2.64. The molecule has 0 amide bonds. The molecule has 1 aliphatic carbocycles. The lowest BCUT2D eigenvalue weighted by Crippen LogP contribution is -2.33. The van der Waals surface area contributed by atoms with E-state index in [1.54, 1.807) is 13.8 Å². The molecule has 0 fully saturated rings. The molecule has 0 saturated carbocycles. The van der Waals surface area contributed by atoms with Crippen molar-refractivity contribution in [2.75, 3.05) is 0 Å². The highest BCUT2D eigenvalue weighted by atomic mass is 19.4. The van der Waals surface area contributed by atoms with Gasteiger partial charge < -0.3 is 4.74 Å². The molecule has 0 bridgehead atoms. The summed E-state index contributed by atoms with van der Waals surface area (Å²) in [4.78, 5) is 11.8. The Morgan fingerprint density at radius 2 is 2.05 bits per heavy atom. The second kappa shape index (κ2) is 5.20. The molecule has 1 aromatic carbocycles. The smallest absolute Gasteiger partial charge is 0.416 e. The second-order valence-corrected chi connectivity index (χ2v) is 5.62. The van der Waals surface area contributed by atoms with Crippen LogP contribution in [0.2, 0.25) is 0 Å². The molecule has 2 rings (SSSR count). The number of esters is 1. The average Bonchev–Trinajstić information content (AvgIpc) is 2.37. The lowest BCUT2D eigenvalue weighted by molar-refractivity contribution is -0.156. The highest BCUT2D eigenvalue weighted by Gasteiger charge is 2.38. The van der Waals surface area contributed by atoms with Gasteiger partial charge in [-0.2, -0.15) is 13.2 Å². The molecule has 114 valence electrons. The third-order valence-electron chi connectivity index (χ3n) is 3.77. The van der Waals surface area contributed by atoms with E-state index in [2.05, 4.69) is 6.58 Å². The van der Waals surface area contributed by atoms with Crippen molar-refractivity contribution in [1.29, 1.82) is 0 Å². The summed E-state index contributed by atoms with van der Waals surface area (Å²) in [5.74, 6) is -0.523. The quantitative estimate of drug-likeness (QED) is 0.598. The molecule has 1 aliphatic rings. The third kappa shape index (κ3) is 3.12.